The van der Waals surface area contributed by atoms with Crippen molar-refractivity contribution in [1.82, 2.24) is 9.88 Å². The number of hydrogen-bond acceptors (Lipinski definition) is 7. The third kappa shape index (κ3) is 5.30. The van der Waals surface area contributed by atoms with Crippen LogP contribution in [0.5, 0.6) is 10.9 Å². The number of sulfone groups is 1. The molecule has 0 N–H and O–H groups in total. The van der Waals surface area contributed by atoms with Gasteiger partial charge in [0.15, 0.2) is 9.84 Å². The predicted molar refractivity (Wildman–Crippen MR) is 129 cm³/mol. The Bertz CT molecular complexity index is 1200. The van der Waals surface area contributed by atoms with E-state index in [9.17, 15) is 13.2 Å². The minimum atomic E-state index is -3.53. The van der Waals surface area contributed by atoms with Crippen LogP contribution in [0.3, 0.4) is 0 Å². The van der Waals surface area contributed by atoms with Gasteiger partial charge < -0.3 is 14.4 Å². The van der Waals surface area contributed by atoms with E-state index in [0.29, 0.717) is 36.9 Å². The maximum Gasteiger partial charge on any atom is 0.274 e. The van der Waals surface area contributed by atoms with Crippen molar-refractivity contribution < 1.29 is 22.7 Å². The number of thiazole rings is 1. The molecular weight excluding hydrogens is 460 g/mol. The van der Waals surface area contributed by atoms with Crippen LogP contribution in [0, 0.1) is 13.8 Å². The zero-order chi connectivity index (χ0) is 23.6. The van der Waals surface area contributed by atoms with Gasteiger partial charge in [0, 0.05) is 32.4 Å². The molecule has 1 fully saturated rings. The van der Waals surface area contributed by atoms with Crippen LogP contribution in [0.4, 0.5) is 0 Å². The fraction of sp³-hybridized carbons (Fsp3) is 0.417. The third-order valence-corrected chi connectivity index (χ3v) is 8.80. The van der Waals surface area contributed by atoms with E-state index in [-0.39, 0.29) is 29.1 Å². The molecular formula is C24H28N2O5S2. The van der Waals surface area contributed by atoms with E-state index in [1.54, 1.807) is 28.4 Å². The number of aryl methyl sites for hydroxylation is 2. The second-order valence-corrected chi connectivity index (χ2v) is 11.4. The number of ether oxygens (including phenoxy) is 2. The third-order valence-electron chi connectivity index (χ3n) is 5.99. The molecule has 33 heavy (non-hydrogen) atoms. The number of methoxy groups -OCH3 is 1. The maximum absolute atomic E-state index is 12.6. The largest absolute Gasteiger partial charge is 0.497 e. The molecule has 1 aromatic heterocycles. The predicted octanol–water partition coefficient (Wildman–Crippen LogP) is 4.16. The highest BCUT2D eigenvalue weighted by molar-refractivity contribution is 7.91. The summed E-state index contributed by atoms with van der Waals surface area (Å²) in [7, 11) is -2.00. The molecule has 9 heteroatoms. The Labute approximate surface area is 198 Å². The first-order valence-electron chi connectivity index (χ1n) is 10.9. The van der Waals surface area contributed by atoms with Gasteiger partial charge in [-0.1, -0.05) is 23.5 Å². The topological polar surface area (TPSA) is 85.8 Å². The van der Waals surface area contributed by atoms with Crippen molar-refractivity contribution in [2.24, 2.45) is 0 Å². The first kappa shape index (κ1) is 23.5. The van der Waals surface area contributed by atoms with Crippen molar-refractivity contribution in [3.05, 3.63) is 47.5 Å². The lowest BCUT2D eigenvalue weighted by Gasteiger charge is -2.31. The monoisotopic (exact) mass is 488 g/mol. The fourth-order valence-electron chi connectivity index (χ4n) is 3.94. The first-order valence-corrected chi connectivity index (χ1v) is 13.4. The summed E-state index contributed by atoms with van der Waals surface area (Å²) in [6, 6.07) is 10.4. The second-order valence-electron chi connectivity index (χ2n) is 8.30. The molecule has 2 heterocycles. The standard InChI is InChI=1S/C24H28N2O5S2/c1-16-4-5-17(2)23-22(16)25-24(32-23)31-19-10-13-26(14-11-19)21(27)12-15-33(28,29)20-8-6-18(30-3)7-9-20/h4-9,19H,10-15H2,1-3H3. The normalized spacial score (nSPS) is 15.1. The molecule has 1 aliphatic heterocycles. The highest BCUT2D eigenvalue weighted by atomic mass is 32.2. The summed E-state index contributed by atoms with van der Waals surface area (Å²) in [5, 5.41) is 0.665. The smallest absolute Gasteiger partial charge is 0.274 e. The Balaban J connectivity index is 1.29. The molecule has 0 radical (unpaired) electrons. The van der Waals surface area contributed by atoms with Gasteiger partial charge in [0.1, 0.15) is 11.9 Å². The summed E-state index contributed by atoms with van der Waals surface area (Å²) in [4.78, 5) is 19.2. The van der Waals surface area contributed by atoms with Crippen molar-refractivity contribution >= 4 is 37.3 Å². The van der Waals surface area contributed by atoms with E-state index in [1.165, 1.54) is 24.8 Å². The van der Waals surface area contributed by atoms with E-state index in [4.69, 9.17) is 9.47 Å². The lowest BCUT2D eigenvalue weighted by Crippen LogP contribution is -2.42. The van der Waals surface area contributed by atoms with Crippen LogP contribution in [-0.2, 0) is 14.6 Å². The number of nitrogens with zero attached hydrogens (tertiary/aromatic N) is 2. The van der Waals surface area contributed by atoms with Crippen LogP contribution in [0.15, 0.2) is 41.3 Å². The molecule has 0 aliphatic carbocycles. The molecule has 176 valence electrons. The Morgan fingerprint density at radius 3 is 2.39 bits per heavy atom. The number of benzene rings is 2. The number of amides is 1. The van der Waals surface area contributed by atoms with E-state index in [1.807, 2.05) is 6.92 Å². The number of carbonyl (C=O) groups is 1. The van der Waals surface area contributed by atoms with Gasteiger partial charge in [-0.05, 0) is 49.2 Å². The van der Waals surface area contributed by atoms with Gasteiger partial charge in [-0.2, -0.15) is 0 Å². The summed E-state index contributed by atoms with van der Waals surface area (Å²) in [5.41, 5.74) is 3.31. The van der Waals surface area contributed by atoms with Crippen LogP contribution >= 0.6 is 11.3 Å². The van der Waals surface area contributed by atoms with E-state index < -0.39 is 9.84 Å². The van der Waals surface area contributed by atoms with Gasteiger partial charge in [-0.25, -0.2) is 13.4 Å². The van der Waals surface area contributed by atoms with Crippen LogP contribution < -0.4 is 9.47 Å². The molecule has 1 amide bonds. The molecule has 0 unspecified atom stereocenters. The zero-order valence-corrected chi connectivity index (χ0v) is 20.7. The average molecular weight is 489 g/mol. The molecule has 1 saturated heterocycles. The zero-order valence-electron chi connectivity index (χ0n) is 19.0. The Morgan fingerprint density at radius 1 is 1.09 bits per heavy atom. The molecule has 1 aliphatic rings. The molecule has 2 aromatic carbocycles. The van der Waals surface area contributed by atoms with Crippen molar-refractivity contribution in [3.63, 3.8) is 0 Å². The Hall–Kier alpha value is -2.65. The minimum Gasteiger partial charge on any atom is -0.497 e. The summed E-state index contributed by atoms with van der Waals surface area (Å²) >= 11 is 1.56. The summed E-state index contributed by atoms with van der Waals surface area (Å²) < 4.78 is 37.5. The van der Waals surface area contributed by atoms with E-state index in [0.717, 1.165) is 15.8 Å². The molecule has 3 aromatic rings. The number of rotatable bonds is 7. The number of aromatic nitrogens is 1. The molecule has 0 spiro atoms. The summed E-state index contributed by atoms with van der Waals surface area (Å²) in [6.45, 7) is 5.22. The molecule has 7 nitrogen and oxygen atoms in total. The highest BCUT2D eigenvalue weighted by Crippen LogP contribution is 2.33. The van der Waals surface area contributed by atoms with Gasteiger partial charge in [0.2, 0.25) is 5.91 Å². The van der Waals surface area contributed by atoms with Crippen LogP contribution in [-0.4, -0.2) is 56.3 Å². The van der Waals surface area contributed by atoms with E-state index in [2.05, 4.69) is 24.0 Å². The van der Waals surface area contributed by atoms with Crippen molar-refractivity contribution in [1.29, 1.82) is 0 Å². The molecule has 4 rings (SSSR count). The van der Waals surface area contributed by atoms with Crippen molar-refractivity contribution in [2.45, 2.75) is 44.1 Å². The Morgan fingerprint density at radius 2 is 1.76 bits per heavy atom. The lowest BCUT2D eigenvalue weighted by molar-refractivity contribution is -0.132. The molecule has 0 saturated carbocycles. The van der Waals surface area contributed by atoms with Gasteiger partial charge in [-0.15, -0.1) is 0 Å². The maximum atomic E-state index is 12.6. The lowest BCUT2D eigenvalue weighted by atomic mass is 10.1. The number of carbonyl (C=O) groups excluding carboxylic acids is 1. The van der Waals surface area contributed by atoms with Crippen molar-refractivity contribution in [2.75, 3.05) is 26.0 Å². The summed E-state index contributed by atoms with van der Waals surface area (Å²) in [6.07, 6.45) is 1.37. The number of fused-ring (bicyclic) bond motifs is 1. The average Bonchev–Trinajstić information content (AvgIpc) is 3.25. The van der Waals surface area contributed by atoms with E-state index >= 15 is 0 Å². The number of piperidine rings is 1. The Kier molecular flexibility index (Phi) is 6.90. The SMILES string of the molecule is COc1ccc(S(=O)(=O)CCC(=O)N2CCC(Oc3nc4c(C)ccc(C)c4s3)CC2)cc1. The van der Waals surface area contributed by atoms with Crippen molar-refractivity contribution in [3.8, 4) is 10.9 Å². The molecule has 0 atom stereocenters. The van der Waals surface area contributed by atoms with Gasteiger partial charge >= 0.3 is 0 Å². The summed E-state index contributed by atoms with van der Waals surface area (Å²) in [5.74, 6) is 0.238. The molecule has 0 bridgehead atoms. The first-order chi connectivity index (χ1) is 15.8. The minimum absolute atomic E-state index is 0.00161. The quantitative estimate of drug-likeness (QED) is 0.497. The van der Waals surface area contributed by atoms with Crippen LogP contribution in [0.25, 0.3) is 10.2 Å². The van der Waals surface area contributed by atoms with Crippen LogP contribution in [0.2, 0.25) is 0 Å². The van der Waals surface area contributed by atoms with Gasteiger partial charge in [0.25, 0.3) is 5.19 Å². The van der Waals surface area contributed by atoms with Crippen LogP contribution in [0.1, 0.15) is 30.4 Å². The number of likely N-dealkylation sites (tertiary alicyclic amines) is 1. The fourth-order valence-corrected chi connectivity index (χ4v) is 6.19. The number of hydrogen-bond donors (Lipinski definition) is 0. The van der Waals surface area contributed by atoms with Gasteiger partial charge in [0.05, 0.1) is 28.0 Å². The highest BCUT2D eigenvalue weighted by Gasteiger charge is 2.26. The van der Waals surface area contributed by atoms with Gasteiger partial charge in [-0.3, -0.25) is 4.79 Å². The second kappa shape index (κ2) is 9.69.